The summed E-state index contributed by atoms with van der Waals surface area (Å²) in [4.78, 5) is 4.61. The van der Waals surface area contributed by atoms with E-state index in [1.807, 2.05) is 46.9 Å². The van der Waals surface area contributed by atoms with E-state index in [4.69, 9.17) is 9.47 Å². The van der Waals surface area contributed by atoms with Crippen molar-refractivity contribution < 1.29 is 17.9 Å². The summed E-state index contributed by atoms with van der Waals surface area (Å²) >= 11 is 1.23. The molecule has 1 saturated heterocycles. The molecule has 0 N–H and O–H groups in total. The summed E-state index contributed by atoms with van der Waals surface area (Å²) in [6, 6.07) is 17.2. The largest absolute Gasteiger partial charge is 0.497 e. The first kappa shape index (κ1) is 20.2. The molecule has 4 heterocycles. The molecule has 0 amide bonds. The van der Waals surface area contributed by atoms with E-state index in [2.05, 4.69) is 4.98 Å². The Morgan fingerprint density at radius 2 is 2.03 bits per heavy atom. The van der Waals surface area contributed by atoms with Crippen LogP contribution in [0.15, 0.2) is 70.5 Å². The highest BCUT2D eigenvalue weighted by molar-refractivity contribution is 7.91. The quantitative estimate of drug-likeness (QED) is 0.457. The number of rotatable bonds is 5. The molecular formula is C22H21N3O4S2. The first-order chi connectivity index (χ1) is 15.1. The Hall–Kier alpha value is -2.72. The SMILES string of the molecule is COc1cccc(-c2cccc3c([C@H]4CN(S(=O)(=O)c5cccs5)CCO4)ncn23)c1. The first-order valence-corrected chi connectivity index (χ1v) is 12.2. The third-order valence-electron chi connectivity index (χ3n) is 5.39. The van der Waals surface area contributed by atoms with Crippen molar-refractivity contribution in [3.63, 3.8) is 0 Å². The maximum atomic E-state index is 13.0. The second-order valence-electron chi connectivity index (χ2n) is 7.18. The van der Waals surface area contributed by atoms with Crippen LogP contribution in [0.25, 0.3) is 16.8 Å². The van der Waals surface area contributed by atoms with Crippen LogP contribution in [0, 0.1) is 0 Å². The van der Waals surface area contributed by atoms with Gasteiger partial charge in [-0.1, -0.05) is 24.3 Å². The topological polar surface area (TPSA) is 73.1 Å². The van der Waals surface area contributed by atoms with Crippen molar-refractivity contribution in [2.24, 2.45) is 0 Å². The number of fused-ring (bicyclic) bond motifs is 1. The van der Waals surface area contributed by atoms with Gasteiger partial charge in [0.15, 0.2) is 0 Å². The van der Waals surface area contributed by atoms with Crippen molar-refractivity contribution in [2.45, 2.75) is 10.3 Å². The summed E-state index contributed by atoms with van der Waals surface area (Å²) in [5.41, 5.74) is 3.59. The van der Waals surface area contributed by atoms with Crippen LogP contribution in [0.3, 0.4) is 0 Å². The molecule has 4 aromatic rings. The van der Waals surface area contributed by atoms with E-state index in [1.54, 1.807) is 30.9 Å². The third kappa shape index (κ3) is 3.63. The van der Waals surface area contributed by atoms with Crippen LogP contribution in [0.4, 0.5) is 0 Å². The molecule has 3 aromatic heterocycles. The van der Waals surface area contributed by atoms with Crippen molar-refractivity contribution in [3.8, 4) is 17.0 Å². The van der Waals surface area contributed by atoms with E-state index in [1.165, 1.54) is 15.6 Å². The Kier molecular flexibility index (Phi) is 5.27. The fourth-order valence-corrected chi connectivity index (χ4v) is 6.42. The standard InChI is InChI=1S/C22H21N3O4S2/c1-28-17-6-2-5-16(13-17)18-7-3-8-19-22(23-15-25(18)19)20-14-24(10-11-29-20)31(26,27)21-9-4-12-30-21/h2-9,12-13,15,20H,10-11,14H2,1H3/t20-/m1/s1. The smallest absolute Gasteiger partial charge is 0.252 e. The molecule has 1 aromatic carbocycles. The lowest BCUT2D eigenvalue weighted by atomic mass is 10.1. The van der Waals surface area contributed by atoms with Crippen molar-refractivity contribution in [2.75, 3.05) is 26.8 Å². The summed E-state index contributed by atoms with van der Waals surface area (Å²) in [6.07, 6.45) is 1.32. The molecule has 0 bridgehead atoms. The van der Waals surface area contributed by atoms with Crippen LogP contribution in [0.1, 0.15) is 11.8 Å². The number of hydrogen-bond acceptors (Lipinski definition) is 6. The summed E-state index contributed by atoms with van der Waals surface area (Å²) < 4.78 is 41.1. The molecule has 1 aliphatic heterocycles. The number of morpholine rings is 1. The lowest BCUT2D eigenvalue weighted by Crippen LogP contribution is -2.42. The number of methoxy groups -OCH3 is 1. The van der Waals surface area contributed by atoms with Crippen LogP contribution in [-0.2, 0) is 14.8 Å². The van der Waals surface area contributed by atoms with E-state index >= 15 is 0 Å². The predicted octanol–water partition coefficient (Wildman–Crippen LogP) is 3.83. The molecule has 1 atom stereocenters. The van der Waals surface area contributed by atoms with Crippen molar-refractivity contribution >= 4 is 26.9 Å². The second-order valence-corrected chi connectivity index (χ2v) is 10.3. The van der Waals surface area contributed by atoms with Crippen molar-refractivity contribution in [1.82, 2.24) is 13.7 Å². The fourth-order valence-electron chi connectivity index (χ4n) is 3.85. The van der Waals surface area contributed by atoms with Gasteiger partial charge in [0, 0.05) is 18.7 Å². The van der Waals surface area contributed by atoms with Gasteiger partial charge >= 0.3 is 0 Å². The minimum Gasteiger partial charge on any atom is -0.497 e. The molecule has 5 rings (SSSR count). The van der Waals surface area contributed by atoms with E-state index in [-0.39, 0.29) is 6.54 Å². The molecule has 0 radical (unpaired) electrons. The van der Waals surface area contributed by atoms with E-state index in [0.717, 1.165) is 28.2 Å². The number of sulfonamides is 1. The molecule has 31 heavy (non-hydrogen) atoms. The highest BCUT2D eigenvalue weighted by Gasteiger charge is 2.33. The maximum Gasteiger partial charge on any atom is 0.252 e. The Labute approximate surface area is 184 Å². The number of benzene rings is 1. The Bertz CT molecular complexity index is 1320. The van der Waals surface area contributed by atoms with Gasteiger partial charge in [0.2, 0.25) is 0 Å². The zero-order chi connectivity index (χ0) is 21.4. The van der Waals surface area contributed by atoms with Gasteiger partial charge in [-0.25, -0.2) is 13.4 Å². The van der Waals surface area contributed by atoms with Crippen LogP contribution in [0.2, 0.25) is 0 Å². The van der Waals surface area contributed by atoms with Gasteiger partial charge in [-0.2, -0.15) is 4.31 Å². The van der Waals surface area contributed by atoms with E-state index in [0.29, 0.717) is 17.4 Å². The van der Waals surface area contributed by atoms with Gasteiger partial charge in [-0.05, 0) is 35.7 Å². The van der Waals surface area contributed by atoms with Gasteiger partial charge in [0.1, 0.15) is 22.4 Å². The molecule has 0 unspecified atom stereocenters. The number of nitrogens with zero attached hydrogens (tertiary/aromatic N) is 3. The monoisotopic (exact) mass is 455 g/mol. The van der Waals surface area contributed by atoms with Gasteiger partial charge < -0.3 is 9.47 Å². The van der Waals surface area contributed by atoms with Crippen LogP contribution in [0.5, 0.6) is 5.75 Å². The molecule has 0 saturated carbocycles. The van der Waals surface area contributed by atoms with Crippen molar-refractivity contribution in [1.29, 1.82) is 0 Å². The number of ether oxygens (including phenoxy) is 2. The average Bonchev–Trinajstić information content (AvgIpc) is 3.50. The number of imidazole rings is 1. The lowest BCUT2D eigenvalue weighted by Gasteiger charge is -2.31. The van der Waals surface area contributed by atoms with Gasteiger partial charge in [-0.15, -0.1) is 11.3 Å². The van der Waals surface area contributed by atoms with Crippen molar-refractivity contribution in [3.05, 3.63) is 72.0 Å². The van der Waals surface area contributed by atoms with Crippen LogP contribution >= 0.6 is 11.3 Å². The zero-order valence-electron chi connectivity index (χ0n) is 16.8. The fraction of sp³-hybridized carbons (Fsp3) is 0.227. The van der Waals surface area contributed by atoms with Gasteiger partial charge in [0.05, 0.1) is 30.6 Å². The predicted molar refractivity (Wildman–Crippen MR) is 119 cm³/mol. The Morgan fingerprint density at radius 3 is 2.84 bits per heavy atom. The van der Waals surface area contributed by atoms with E-state index < -0.39 is 16.1 Å². The Morgan fingerprint density at radius 1 is 1.16 bits per heavy atom. The Balaban J connectivity index is 1.50. The minimum atomic E-state index is -3.53. The molecule has 1 fully saturated rings. The van der Waals surface area contributed by atoms with Crippen LogP contribution in [-0.4, -0.2) is 48.9 Å². The molecule has 9 heteroatoms. The second kappa shape index (κ2) is 8.08. The lowest BCUT2D eigenvalue weighted by molar-refractivity contribution is -0.00384. The number of hydrogen-bond donors (Lipinski definition) is 0. The summed E-state index contributed by atoms with van der Waals surface area (Å²) in [6.45, 7) is 0.887. The highest BCUT2D eigenvalue weighted by Crippen LogP contribution is 2.32. The van der Waals surface area contributed by atoms with Gasteiger partial charge in [-0.3, -0.25) is 4.40 Å². The van der Waals surface area contributed by atoms with Gasteiger partial charge in [0.25, 0.3) is 10.0 Å². The zero-order valence-corrected chi connectivity index (χ0v) is 18.5. The third-order valence-corrected chi connectivity index (χ3v) is 8.63. The normalized spacial score (nSPS) is 17.8. The average molecular weight is 456 g/mol. The van der Waals surface area contributed by atoms with E-state index in [9.17, 15) is 8.42 Å². The molecule has 0 aliphatic carbocycles. The molecule has 1 aliphatic rings. The number of aromatic nitrogens is 2. The highest BCUT2D eigenvalue weighted by atomic mass is 32.2. The minimum absolute atomic E-state index is 0.232. The molecule has 0 spiro atoms. The summed E-state index contributed by atoms with van der Waals surface area (Å²) in [5, 5.41) is 1.77. The summed E-state index contributed by atoms with van der Waals surface area (Å²) in [5.74, 6) is 0.778. The number of pyridine rings is 1. The van der Waals surface area contributed by atoms with Crippen LogP contribution < -0.4 is 4.74 Å². The number of thiophene rings is 1. The molecule has 7 nitrogen and oxygen atoms in total. The summed E-state index contributed by atoms with van der Waals surface area (Å²) in [7, 11) is -1.89. The molecular weight excluding hydrogens is 434 g/mol. The molecule has 160 valence electrons. The first-order valence-electron chi connectivity index (χ1n) is 9.83. The maximum absolute atomic E-state index is 13.0.